The minimum absolute atomic E-state index is 0.171. The molecule has 24 heavy (non-hydrogen) atoms. The third kappa shape index (κ3) is 3.97. The maximum Gasteiger partial charge on any atom is 0.486 e. The van der Waals surface area contributed by atoms with Crippen LogP contribution in [0, 0.1) is 0 Å². The predicted octanol–water partition coefficient (Wildman–Crippen LogP) is 1.47. The number of alkyl halides is 2. The van der Waals surface area contributed by atoms with Gasteiger partial charge in [0.15, 0.2) is 0 Å². The molecule has 1 aromatic carbocycles. The Kier molecular flexibility index (Phi) is 4.61. The lowest BCUT2D eigenvalue weighted by molar-refractivity contribution is -0.383. The Balaban J connectivity index is 1.83. The second-order valence-corrected chi connectivity index (χ2v) is 5.28. The number of H-pyrrole nitrogens is 1. The lowest BCUT2D eigenvalue weighted by atomic mass is 10.2. The molecule has 0 aliphatic carbocycles. The molecule has 2 aromatic rings. The van der Waals surface area contributed by atoms with Gasteiger partial charge in [-0.05, 0) is 30.4 Å². The number of hydrogen-bond donors (Lipinski definition) is 2. The Hall–Kier alpha value is -2.29. The topological polar surface area (TPSA) is 76.2 Å². The summed E-state index contributed by atoms with van der Waals surface area (Å²) >= 11 is 5.85. The number of nitrogens with one attached hydrogen (secondary N) is 2. The minimum atomic E-state index is -3.65. The fraction of sp³-hybridized carbons (Fsp3) is 0.200. The molecule has 6 nitrogen and oxygen atoms in total. The van der Waals surface area contributed by atoms with E-state index in [4.69, 9.17) is 11.6 Å². The Morgan fingerprint density at radius 2 is 2.04 bits per heavy atom. The number of hydrogen-bond acceptors (Lipinski definition) is 4. The van der Waals surface area contributed by atoms with Gasteiger partial charge < -0.3 is 4.98 Å². The summed E-state index contributed by atoms with van der Waals surface area (Å²) in [4.78, 5) is 19.1. The number of amides is 1. The van der Waals surface area contributed by atoms with Crippen molar-refractivity contribution >= 4 is 35.6 Å². The van der Waals surface area contributed by atoms with Crippen molar-refractivity contribution in [2.75, 3.05) is 18.5 Å². The van der Waals surface area contributed by atoms with Crippen molar-refractivity contribution in [3.8, 4) is 0 Å². The molecule has 0 fully saturated rings. The number of rotatable bonds is 2. The Morgan fingerprint density at radius 1 is 1.29 bits per heavy atom. The van der Waals surface area contributed by atoms with Gasteiger partial charge in [0, 0.05) is 10.6 Å². The number of halogens is 3. The maximum absolute atomic E-state index is 13.0. The van der Waals surface area contributed by atoms with Crippen LogP contribution in [0.1, 0.15) is 10.4 Å². The average Bonchev–Trinajstić information content (AvgIpc) is 2.90. The van der Waals surface area contributed by atoms with E-state index in [0.29, 0.717) is 21.3 Å². The second kappa shape index (κ2) is 6.68. The van der Waals surface area contributed by atoms with Crippen LogP contribution in [-0.4, -0.2) is 35.4 Å². The smallest absolute Gasteiger partial charge is 0.324 e. The van der Waals surface area contributed by atoms with Gasteiger partial charge in [-0.25, -0.2) is 4.98 Å². The molecule has 0 saturated carbocycles. The molecule has 0 atom stereocenters. The molecule has 2 heterocycles. The molecule has 0 unspecified atom stereocenters. The van der Waals surface area contributed by atoms with E-state index in [2.05, 4.69) is 24.8 Å². The molecule has 9 heteroatoms. The number of imidazole rings is 1. The van der Waals surface area contributed by atoms with E-state index in [1.807, 2.05) is 0 Å². The van der Waals surface area contributed by atoms with Gasteiger partial charge in [-0.3, -0.25) is 19.6 Å². The summed E-state index contributed by atoms with van der Waals surface area (Å²) in [7, 11) is 0. The number of carbonyl (C=O) groups excluding carboxylic acids is 1. The molecule has 3 rings (SSSR count). The van der Waals surface area contributed by atoms with Crippen LogP contribution < -0.4 is 16.0 Å². The van der Waals surface area contributed by atoms with Crippen LogP contribution in [0.4, 0.5) is 14.7 Å². The van der Waals surface area contributed by atoms with Crippen molar-refractivity contribution in [1.29, 1.82) is 0 Å². The normalized spacial score (nSPS) is 19.5. The van der Waals surface area contributed by atoms with Crippen molar-refractivity contribution in [3.05, 3.63) is 45.5 Å². The first-order chi connectivity index (χ1) is 11.4. The molecule has 2 N–H and O–H groups in total. The fourth-order valence-corrected chi connectivity index (χ4v) is 2.25. The zero-order chi connectivity index (χ0) is 17.2. The van der Waals surface area contributed by atoms with E-state index < -0.39 is 12.2 Å². The number of aromatic amines is 1. The summed E-state index contributed by atoms with van der Waals surface area (Å²) in [5.41, 5.74) is 0.363. The number of aromatic nitrogens is 2. The minimum Gasteiger partial charge on any atom is -0.324 e. The molecule has 1 aliphatic rings. The van der Waals surface area contributed by atoms with Gasteiger partial charge in [0.05, 0.1) is 23.9 Å². The van der Waals surface area contributed by atoms with Crippen LogP contribution in [-0.2, 0) is 9.47 Å². The highest BCUT2D eigenvalue weighted by molar-refractivity contribution is 6.31. The fourth-order valence-electron chi connectivity index (χ4n) is 2.06. The molecule has 0 radical (unpaired) electrons. The van der Waals surface area contributed by atoms with E-state index in [9.17, 15) is 13.6 Å². The number of carbonyl (C=O) groups is 1. The molecule has 0 spiro atoms. The largest absolute Gasteiger partial charge is 0.486 e. The Bertz CT molecular complexity index is 843. The SMILES string of the molecule is O=C(Nc1nc2/c([nH]1)=C\COC(F)(F)OC\C=2)c1cccc(Cl)c1. The van der Waals surface area contributed by atoms with E-state index >= 15 is 0 Å². The van der Waals surface area contributed by atoms with Crippen LogP contribution in [0.5, 0.6) is 0 Å². The summed E-state index contributed by atoms with van der Waals surface area (Å²) in [6, 6.07) is 6.42. The Morgan fingerprint density at radius 3 is 2.79 bits per heavy atom. The summed E-state index contributed by atoms with van der Waals surface area (Å²) in [5, 5.41) is 3.83. The van der Waals surface area contributed by atoms with Gasteiger partial charge in [-0.15, -0.1) is 8.78 Å². The highest BCUT2D eigenvalue weighted by atomic mass is 35.5. The quantitative estimate of drug-likeness (QED) is 0.855. The monoisotopic (exact) mass is 355 g/mol. The highest BCUT2D eigenvalue weighted by Gasteiger charge is 2.31. The van der Waals surface area contributed by atoms with Crippen LogP contribution >= 0.6 is 11.6 Å². The van der Waals surface area contributed by atoms with E-state index in [1.165, 1.54) is 18.2 Å². The summed E-state index contributed by atoms with van der Waals surface area (Å²) in [6.45, 7) is -0.766. The zero-order valence-electron chi connectivity index (χ0n) is 12.2. The number of nitrogens with zero attached hydrogens (tertiary/aromatic N) is 1. The van der Waals surface area contributed by atoms with Crippen LogP contribution in [0.15, 0.2) is 24.3 Å². The van der Waals surface area contributed by atoms with Gasteiger partial charge in [-0.2, -0.15) is 0 Å². The van der Waals surface area contributed by atoms with Gasteiger partial charge in [0.1, 0.15) is 0 Å². The Labute approximate surface area is 139 Å². The summed E-state index contributed by atoms with van der Waals surface area (Å²) in [5.74, 6) is -0.236. The van der Waals surface area contributed by atoms with Gasteiger partial charge in [0.2, 0.25) is 5.95 Å². The van der Waals surface area contributed by atoms with Gasteiger partial charge in [0.25, 0.3) is 5.91 Å². The van der Waals surface area contributed by atoms with Crippen LogP contribution in [0.3, 0.4) is 0 Å². The predicted molar refractivity (Wildman–Crippen MR) is 83.0 cm³/mol. The first-order valence-electron chi connectivity index (χ1n) is 6.92. The van der Waals surface area contributed by atoms with E-state index in [0.717, 1.165) is 0 Å². The van der Waals surface area contributed by atoms with Crippen LogP contribution in [0.25, 0.3) is 12.2 Å². The lowest BCUT2D eigenvalue weighted by Gasteiger charge is -2.13. The molecule has 0 saturated heterocycles. The molecule has 0 bridgehead atoms. The number of ether oxygens (including phenoxy) is 2. The molecule has 1 aromatic heterocycles. The van der Waals surface area contributed by atoms with Crippen molar-refractivity contribution < 1.29 is 23.0 Å². The molecular formula is C15H12ClF2N3O3. The number of anilines is 1. The highest BCUT2D eigenvalue weighted by Crippen LogP contribution is 2.17. The molecule has 126 valence electrons. The maximum atomic E-state index is 13.0. The van der Waals surface area contributed by atoms with Gasteiger partial charge >= 0.3 is 6.29 Å². The second-order valence-electron chi connectivity index (χ2n) is 4.84. The van der Waals surface area contributed by atoms with E-state index in [-0.39, 0.29) is 19.2 Å². The molecular weight excluding hydrogens is 344 g/mol. The standard InChI is InChI=1S/C15H12ClF2N3O3/c16-10-3-1-2-9(8-10)13(22)21-14-19-11-4-6-23-15(17,18)24-7-5-12(11)20-14/h1-5,8H,6-7H2,(H2,19,20,21,22)/b11-4+,12-5+. The van der Waals surface area contributed by atoms with Crippen molar-refractivity contribution in [3.63, 3.8) is 0 Å². The molecule has 1 amide bonds. The average molecular weight is 356 g/mol. The van der Waals surface area contributed by atoms with Gasteiger partial charge in [-0.1, -0.05) is 17.7 Å². The van der Waals surface area contributed by atoms with Crippen LogP contribution in [0.2, 0.25) is 5.02 Å². The number of benzene rings is 1. The third-order valence-electron chi connectivity index (χ3n) is 3.15. The first kappa shape index (κ1) is 16.6. The lowest BCUT2D eigenvalue weighted by Crippen LogP contribution is -2.25. The van der Waals surface area contributed by atoms with Crippen molar-refractivity contribution in [1.82, 2.24) is 9.97 Å². The summed E-state index contributed by atoms with van der Waals surface area (Å²) < 4.78 is 34.7. The van der Waals surface area contributed by atoms with Crippen molar-refractivity contribution in [2.24, 2.45) is 0 Å². The molecule has 1 aliphatic heterocycles. The third-order valence-corrected chi connectivity index (χ3v) is 3.38. The first-order valence-corrected chi connectivity index (χ1v) is 7.30. The van der Waals surface area contributed by atoms with E-state index in [1.54, 1.807) is 18.2 Å². The summed E-state index contributed by atoms with van der Waals surface area (Å²) in [6.07, 6.45) is -0.906. The zero-order valence-corrected chi connectivity index (χ0v) is 12.9. The number of fused-ring (bicyclic) bond motifs is 1. The van der Waals surface area contributed by atoms with Crippen molar-refractivity contribution in [2.45, 2.75) is 6.29 Å².